The first-order chi connectivity index (χ1) is 52.0. The molecule has 0 radical (unpaired) electrons. The van der Waals surface area contributed by atoms with E-state index in [1.807, 2.05) is 0 Å². The molecule has 1 aliphatic carbocycles. The average molecular weight is 1400 g/mol. The van der Waals surface area contributed by atoms with Crippen molar-refractivity contribution in [3.8, 4) is 72.7 Å². The van der Waals surface area contributed by atoms with Crippen molar-refractivity contribution >= 4 is 124 Å². The number of halogens is 1. The first-order valence-electron chi connectivity index (χ1n) is 36.1. The Kier molecular flexibility index (Phi) is 15.1. The molecular formula is C101H66BrN3. The summed E-state index contributed by atoms with van der Waals surface area (Å²) in [7, 11) is 0. The second-order valence-corrected chi connectivity index (χ2v) is 28.5. The number of fused-ring (bicyclic) bond motifs is 18. The molecule has 0 aliphatic heterocycles. The number of benzene rings is 18. The van der Waals surface area contributed by atoms with Crippen molar-refractivity contribution in [3.05, 3.63) is 404 Å². The maximum Gasteiger partial charge on any atom is 0.0547 e. The molecule has 3 aromatic heterocycles. The third-order valence-corrected chi connectivity index (χ3v) is 22.1. The maximum atomic E-state index is 3.57. The molecule has 0 unspecified atom stereocenters. The largest absolute Gasteiger partial charge is 0.309 e. The highest BCUT2D eigenvalue weighted by atomic mass is 79.9. The molecule has 0 amide bonds. The van der Waals surface area contributed by atoms with E-state index in [-0.39, 0.29) is 0 Å². The molecule has 3 heterocycles. The monoisotopic (exact) mass is 1400 g/mol. The molecule has 22 rings (SSSR count). The number of para-hydroxylation sites is 5. The van der Waals surface area contributed by atoms with Gasteiger partial charge in [0.25, 0.3) is 0 Å². The molecule has 0 bridgehead atoms. The van der Waals surface area contributed by atoms with Crippen LogP contribution in [0.1, 0.15) is 11.1 Å². The topological polar surface area (TPSA) is 14.8 Å². The van der Waals surface area contributed by atoms with E-state index in [1.54, 1.807) is 0 Å². The third-order valence-electron chi connectivity index (χ3n) is 21.6. The number of hydrogen-bond donors (Lipinski definition) is 0. The van der Waals surface area contributed by atoms with Crippen LogP contribution in [0.3, 0.4) is 0 Å². The van der Waals surface area contributed by atoms with Crippen molar-refractivity contribution in [2.45, 2.75) is 6.42 Å². The summed E-state index contributed by atoms with van der Waals surface area (Å²) in [5.74, 6) is 0. The summed E-state index contributed by atoms with van der Waals surface area (Å²) < 4.78 is 8.33. The van der Waals surface area contributed by atoms with Gasteiger partial charge in [-0.05, 0) is 213 Å². The molecule has 0 N–H and O–H groups in total. The van der Waals surface area contributed by atoms with Crippen LogP contribution >= 0.6 is 15.9 Å². The van der Waals surface area contributed by atoms with Gasteiger partial charge in [-0.25, -0.2) is 0 Å². The molecule has 0 saturated heterocycles. The van der Waals surface area contributed by atoms with Crippen molar-refractivity contribution < 1.29 is 0 Å². The summed E-state index contributed by atoms with van der Waals surface area (Å²) in [6.45, 7) is 0. The maximum absolute atomic E-state index is 3.57. The minimum Gasteiger partial charge on any atom is -0.309 e. The molecule has 105 heavy (non-hydrogen) atoms. The molecule has 4 heteroatoms. The van der Waals surface area contributed by atoms with Crippen molar-refractivity contribution in [1.29, 1.82) is 0 Å². The first-order valence-corrected chi connectivity index (χ1v) is 36.9. The van der Waals surface area contributed by atoms with Crippen molar-refractivity contribution in [1.82, 2.24) is 13.7 Å². The molecule has 1 aliphatic rings. The van der Waals surface area contributed by atoms with E-state index < -0.39 is 0 Å². The molecule has 3 nitrogen and oxygen atoms in total. The Morgan fingerprint density at radius 1 is 0.181 bits per heavy atom. The lowest BCUT2D eigenvalue weighted by Gasteiger charge is -2.14. The normalized spacial score (nSPS) is 11.8. The Morgan fingerprint density at radius 2 is 0.533 bits per heavy atom. The Hall–Kier alpha value is -13.1. The molecule has 0 saturated carbocycles. The Bertz CT molecular complexity index is 7010. The summed E-state index contributed by atoms with van der Waals surface area (Å²) in [4.78, 5) is 0. The van der Waals surface area contributed by atoms with E-state index >= 15 is 0 Å². The van der Waals surface area contributed by atoms with Crippen LogP contribution in [0.15, 0.2) is 393 Å². The van der Waals surface area contributed by atoms with E-state index in [2.05, 4.69) is 418 Å². The molecular weight excluding hydrogens is 1340 g/mol. The Balaban J connectivity index is 0.000000117. The molecule has 0 fully saturated rings. The smallest absolute Gasteiger partial charge is 0.0547 e. The van der Waals surface area contributed by atoms with Gasteiger partial charge >= 0.3 is 0 Å². The SMILES string of the molecule is Brc1cccc(-c2cc3ccccc3c3ccccc23)c1.c1ccc(-n2c3ccccc3c3ccc(-c4ccc5c(c4)Cc4ccccc4-5)cc32)cc1.c1ccc(-n2c3ccccc3c3ccc(-c4ccc5c6ccccc6n(-c6cccc(-c7cc8ccccc8c8ccccc78)c6)c5c4)cc32)cc1. The summed E-state index contributed by atoms with van der Waals surface area (Å²) in [5.41, 5.74) is 26.4. The van der Waals surface area contributed by atoms with Crippen LogP contribution in [-0.2, 0) is 6.42 Å². The first kappa shape index (κ1) is 61.7. The number of rotatable bonds is 7. The zero-order valence-corrected chi connectivity index (χ0v) is 59.0. The predicted octanol–water partition coefficient (Wildman–Crippen LogP) is 28.0. The van der Waals surface area contributed by atoms with Gasteiger partial charge in [0.15, 0.2) is 0 Å². The number of nitrogens with zero attached hydrogens (tertiary/aromatic N) is 3. The van der Waals surface area contributed by atoms with Crippen LogP contribution in [0.25, 0.3) is 181 Å². The van der Waals surface area contributed by atoms with Crippen molar-refractivity contribution in [3.63, 3.8) is 0 Å². The van der Waals surface area contributed by atoms with Crippen molar-refractivity contribution in [2.24, 2.45) is 0 Å². The second kappa shape index (κ2) is 25.7. The van der Waals surface area contributed by atoms with Gasteiger partial charge in [-0.15, -0.1) is 0 Å². The van der Waals surface area contributed by atoms with E-state index in [4.69, 9.17) is 0 Å². The Labute approximate surface area is 616 Å². The van der Waals surface area contributed by atoms with Crippen LogP contribution in [0.5, 0.6) is 0 Å². The van der Waals surface area contributed by atoms with E-state index in [0.717, 1.165) is 16.6 Å². The zero-order chi connectivity index (χ0) is 69.5. The number of hydrogen-bond acceptors (Lipinski definition) is 0. The van der Waals surface area contributed by atoms with E-state index in [9.17, 15) is 0 Å². The second-order valence-electron chi connectivity index (χ2n) is 27.6. The van der Waals surface area contributed by atoms with Gasteiger partial charge in [-0.1, -0.05) is 307 Å². The fourth-order valence-electron chi connectivity index (χ4n) is 16.8. The highest BCUT2D eigenvalue weighted by molar-refractivity contribution is 9.10. The highest BCUT2D eigenvalue weighted by Gasteiger charge is 2.22. The fraction of sp³-hybridized carbons (Fsp3) is 0.00990. The lowest BCUT2D eigenvalue weighted by Crippen LogP contribution is -1.95. The van der Waals surface area contributed by atoms with Gasteiger partial charge in [0.1, 0.15) is 0 Å². The lowest BCUT2D eigenvalue weighted by molar-refractivity contribution is 1.18. The van der Waals surface area contributed by atoms with E-state index in [1.165, 1.54) is 187 Å². The third kappa shape index (κ3) is 10.7. The fourth-order valence-corrected chi connectivity index (χ4v) is 17.2. The van der Waals surface area contributed by atoms with Gasteiger partial charge in [-0.3, -0.25) is 0 Å². The van der Waals surface area contributed by atoms with Crippen molar-refractivity contribution in [2.75, 3.05) is 0 Å². The standard InChI is InChI=1S/C50H32N2.C31H21N.C20H13Br/c1-2-15-37(16-3-1)51-47-23-10-8-21-42(47)44-27-25-33(31-49(44)51)34-26-28-45-43-22-9-11-24-48(43)52(50(45)32-34)38-17-12-14-35(29-38)46-30-36-13-4-5-18-39(36)40-19-6-7-20-41(40)46;1-2-9-25(10-3-1)32-30-13-7-6-12-28(30)29-17-15-22(20-31(29)32)21-14-16-27-24(18-21)19-23-8-4-5-11-26(23)27;21-16-8-5-7-14(12-16)20-13-15-6-1-2-9-17(15)18-10-3-4-11-19(18)20/h1-32H;1-18,20H,19H2;1-13H. The summed E-state index contributed by atoms with van der Waals surface area (Å²) in [5, 5.41) is 17.9. The number of aromatic nitrogens is 3. The van der Waals surface area contributed by atoms with Crippen LogP contribution in [-0.4, -0.2) is 13.7 Å². The highest BCUT2D eigenvalue weighted by Crippen LogP contribution is 2.44. The Morgan fingerprint density at radius 3 is 1.03 bits per heavy atom. The van der Waals surface area contributed by atoms with Gasteiger partial charge in [0.05, 0.1) is 33.1 Å². The quantitative estimate of drug-likeness (QED) is 0.141. The zero-order valence-electron chi connectivity index (χ0n) is 57.4. The van der Waals surface area contributed by atoms with Crippen LogP contribution < -0.4 is 0 Å². The van der Waals surface area contributed by atoms with Crippen LogP contribution in [0.4, 0.5) is 0 Å². The summed E-state index contributed by atoms with van der Waals surface area (Å²) in [6, 6.07) is 141. The summed E-state index contributed by atoms with van der Waals surface area (Å²) >= 11 is 3.57. The molecule has 21 aromatic rings. The average Bonchev–Trinajstić information content (AvgIpc) is 1.61. The molecule has 0 atom stereocenters. The predicted molar refractivity (Wildman–Crippen MR) is 450 cm³/mol. The minimum absolute atomic E-state index is 1.02. The minimum atomic E-state index is 1.02. The van der Waals surface area contributed by atoms with Gasteiger partial charge in [-0.2, -0.15) is 0 Å². The van der Waals surface area contributed by atoms with Gasteiger partial charge in [0.2, 0.25) is 0 Å². The lowest BCUT2D eigenvalue weighted by atomic mass is 9.93. The molecule has 492 valence electrons. The van der Waals surface area contributed by atoms with Crippen LogP contribution in [0, 0.1) is 0 Å². The van der Waals surface area contributed by atoms with Gasteiger partial charge in [0, 0.05) is 53.9 Å². The van der Waals surface area contributed by atoms with E-state index in [0.29, 0.717) is 0 Å². The van der Waals surface area contributed by atoms with Gasteiger partial charge < -0.3 is 13.7 Å². The molecule has 18 aromatic carbocycles. The molecule has 0 spiro atoms. The summed E-state index contributed by atoms with van der Waals surface area (Å²) in [6.07, 6.45) is 1.02. The van der Waals surface area contributed by atoms with Crippen LogP contribution in [0.2, 0.25) is 0 Å².